The maximum atomic E-state index is 12.4. The lowest BCUT2D eigenvalue weighted by atomic mass is 10.3. The van der Waals surface area contributed by atoms with Gasteiger partial charge in [0, 0.05) is 0 Å². The fraction of sp³-hybridized carbons (Fsp3) is 0.571. The quantitative estimate of drug-likeness (QED) is 0.607. The standard InChI is InChI=1S/C7H12F2N2O/c1-2-3-6(12)11-5-7(8,9)4-10/h2-3H,4-5,10H2,1H3,(H,11,12)/b3-2+. The number of halogens is 2. The summed E-state index contributed by atoms with van der Waals surface area (Å²) in [6, 6.07) is 0. The number of nitrogens with one attached hydrogen (secondary N) is 1. The van der Waals surface area contributed by atoms with E-state index in [0.717, 1.165) is 0 Å². The van der Waals surface area contributed by atoms with Gasteiger partial charge in [-0.15, -0.1) is 0 Å². The summed E-state index contributed by atoms with van der Waals surface area (Å²) in [5.41, 5.74) is 4.75. The zero-order valence-corrected chi connectivity index (χ0v) is 6.81. The Labute approximate surface area is 69.6 Å². The van der Waals surface area contributed by atoms with Crippen LogP contribution in [0.3, 0.4) is 0 Å². The Hall–Kier alpha value is -0.970. The molecule has 70 valence electrons. The molecule has 0 rings (SSSR count). The molecule has 0 unspecified atom stereocenters. The second-order valence-electron chi connectivity index (χ2n) is 2.28. The number of carbonyl (C=O) groups is 1. The first-order chi connectivity index (χ1) is 5.52. The second kappa shape index (κ2) is 4.82. The van der Waals surface area contributed by atoms with E-state index in [1.54, 1.807) is 6.92 Å². The molecule has 0 aliphatic heterocycles. The van der Waals surface area contributed by atoms with Gasteiger partial charge in [-0.25, -0.2) is 8.78 Å². The fourth-order valence-corrected chi connectivity index (χ4v) is 0.499. The molecule has 0 bridgehead atoms. The zero-order chi connectivity index (χ0) is 9.61. The van der Waals surface area contributed by atoms with Gasteiger partial charge in [-0.05, 0) is 13.0 Å². The number of hydrogen-bond acceptors (Lipinski definition) is 2. The number of allylic oxidation sites excluding steroid dienone is 1. The molecule has 0 saturated heterocycles. The lowest BCUT2D eigenvalue weighted by Gasteiger charge is -2.13. The monoisotopic (exact) mass is 178 g/mol. The summed E-state index contributed by atoms with van der Waals surface area (Å²) in [4.78, 5) is 10.6. The molecule has 12 heavy (non-hydrogen) atoms. The van der Waals surface area contributed by atoms with Gasteiger partial charge < -0.3 is 11.1 Å². The normalized spacial score (nSPS) is 12.0. The molecular formula is C7H12F2N2O. The molecule has 0 saturated carbocycles. The highest BCUT2D eigenvalue weighted by Gasteiger charge is 2.26. The van der Waals surface area contributed by atoms with Crippen LogP contribution in [0.25, 0.3) is 0 Å². The van der Waals surface area contributed by atoms with Gasteiger partial charge in [-0.3, -0.25) is 4.79 Å². The largest absolute Gasteiger partial charge is 0.346 e. The van der Waals surface area contributed by atoms with Crippen LogP contribution in [-0.4, -0.2) is 24.9 Å². The Balaban J connectivity index is 3.75. The van der Waals surface area contributed by atoms with Gasteiger partial charge in [0.2, 0.25) is 5.91 Å². The van der Waals surface area contributed by atoms with Crippen LogP contribution in [0.15, 0.2) is 12.2 Å². The molecule has 0 atom stereocenters. The SMILES string of the molecule is C/C=C/C(=O)NCC(F)(F)CN. The maximum Gasteiger partial charge on any atom is 0.277 e. The van der Waals surface area contributed by atoms with Crippen LogP contribution in [0.4, 0.5) is 8.78 Å². The Kier molecular flexibility index (Phi) is 4.43. The molecule has 3 nitrogen and oxygen atoms in total. The van der Waals surface area contributed by atoms with E-state index in [1.807, 2.05) is 5.32 Å². The summed E-state index contributed by atoms with van der Waals surface area (Å²) in [6.07, 6.45) is 2.64. The minimum Gasteiger partial charge on any atom is -0.346 e. The first-order valence-electron chi connectivity index (χ1n) is 3.50. The molecule has 0 spiro atoms. The Bertz CT molecular complexity index is 180. The summed E-state index contributed by atoms with van der Waals surface area (Å²) in [6.45, 7) is 0.149. The molecule has 3 N–H and O–H groups in total. The van der Waals surface area contributed by atoms with Gasteiger partial charge in [0.1, 0.15) is 0 Å². The van der Waals surface area contributed by atoms with Crippen LogP contribution >= 0.6 is 0 Å². The number of nitrogens with two attached hydrogens (primary N) is 1. The van der Waals surface area contributed by atoms with Crippen molar-refractivity contribution >= 4 is 5.91 Å². The van der Waals surface area contributed by atoms with Crippen molar-refractivity contribution in [3.8, 4) is 0 Å². The maximum absolute atomic E-state index is 12.4. The molecular weight excluding hydrogens is 166 g/mol. The van der Waals surface area contributed by atoms with Crippen molar-refractivity contribution in [3.63, 3.8) is 0 Å². The van der Waals surface area contributed by atoms with E-state index in [9.17, 15) is 13.6 Å². The average Bonchev–Trinajstić information content (AvgIpc) is 2.02. The number of amides is 1. The molecule has 5 heteroatoms. The predicted octanol–water partition coefficient (Wildman–Crippen LogP) is 0.273. The highest BCUT2D eigenvalue weighted by atomic mass is 19.3. The lowest BCUT2D eigenvalue weighted by molar-refractivity contribution is -0.118. The summed E-state index contributed by atoms with van der Waals surface area (Å²) in [5, 5.41) is 2.02. The van der Waals surface area contributed by atoms with Gasteiger partial charge in [-0.2, -0.15) is 0 Å². The molecule has 0 aliphatic carbocycles. The Morgan fingerprint density at radius 1 is 1.67 bits per heavy atom. The van der Waals surface area contributed by atoms with Crippen molar-refractivity contribution in [2.75, 3.05) is 13.1 Å². The lowest BCUT2D eigenvalue weighted by Crippen LogP contribution is -2.41. The van der Waals surface area contributed by atoms with E-state index in [0.29, 0.717) is 0 Å². The van der Waals surface area contributed by atoms with Gasteiger partial charge in [0.05, 0.1) is 13.1 Å². The molecule has 0 radical (unpaired) electrons. The summed E-state index contributed by atoms with van der Waals surface area (Å²) in [5.74, 6) is -3.55. The summed E-state index contributed by atoms with van der Waals surface area (Å²) in [7, 11) is 0. The van der Waals surface area contributed by atoms with Crippen molar-refractivity contribution in [1.29, 1.82) is 0 Å². The van der Waals surface area contributed by atoms with Crippen LogP contribution in [0.5, 0.6) is 0 Å². The van der Waals surface area contributed by atoms with Crippen molar-refractivity contribution < 1.29 is 13.6 Å². The number of hydrogen-bond donors (Lipinski definition) is 2. The topological polar surface area (TPSA) is 55.1 Å². The van der Waals surface area contributed by atoms with E-state index in [-0.39, 0.29) is 0 Å². The predicted molar refractivity (Wildman–Crippen MR) is 41.8 cm³/mol. The second-order valence-corrected chi connectivity index (χ2v) is 2.28. The molecule has 0 aromatic carbocycles. The van der Waals surface area contributed by atoms with Crippen molar-refractivity contribution in [2.45, 2.75) is 12.8 Å². The minimum atomic E-state index is -3.02. The smallest absolute Gasteiger partial charge is 0.277 e. The highest BCUT2D eigenvalue weighted by Crippen LogP contribution is 2.08. The van der Waals surface area contributed by atoms with Crippen LogP contribution in [-0.2, 0) is 4.79 Å². The van der Waals surface area contributed by atoms with E-state index in [2.05, 4.69) is 0 Å². The third-order valence-corrected chi connectivity index (χ3v) is 1.14. The molecule has 0 aromatic rings. The van der Waals surface area contributed by atoms with Crippen molar-refractivity contribution in [2.24, 2.45) is 5.73 Å². The van der Waals surface area contributed by atoms with E-state index in [1.165, 1.54) is 12.2 Å². The van der Waals surface area contributed by atoms with E-state index >= 15 is 0 Å². The first-order valence-corrected chi connectivity index (χ1v) is 3.50. The van der Waals surface area contributed by atoms with E-state index < -0.39 is 24.9 Å². The average molecular weight is 178 g/mol. The van der Waals surface area contributed by atoms with Gasteiger partial charge in [0.15, 0.2) is 0 Å². The number of rotatable bonds is 4. The van der Waals surface area contributed by atoms with Crippen LogP contribution in [0, 0.1) is 0 Å². The number of alkyl halides is 2. The zero-order valence-electron chi connectivity index (χ0n) is 6.81. The van der Waals surface area contributed by atoms with Crippen LogP contribution < -0.4 is 11.1 Å². The fourth-order valence-electron chi connectivity index (χ4n) is 0.499. The summed E-state index contributed by atoms with van der Waals surface area (Å²) < 4.78 is 24.8. The number of carbonyl (C=O) groups excluding carboxylic acids is 1. The Morgan fingerprint density at radius 3 is 2.67 bits per heavy atom. The molecule has 0 aliphatic rings. The van der Waals surface area contributed by atoms with E-state index in [4.69, 9.17) is 5.73 Å². The highest BCUT2D eigenvalue weighted by molar-refractivity contribution is 5.87. The van der Waals surface area contributed by atoms with Crippen molar-refractivity contribution in [3.05, 3.63) is 12.2 Å². The molecule has 0 fully saturated rings. The summed E-state index contributed by atoms with van der Waals surface area (Å²) >= 11 is 0. The third kappa shape index (κ3) is 4.79. The van der Waals surface area contributed by atoms with Gasteiger partial charge >= 0.3 is 0 Å². The third-order valence-electron chi connectivity index (χ3n) is 1.14. The molecule has 0 heterocycles. The molecule has 0 aromatic heterocycles. The van der Waals surface area contributed by atoms with Gasteiger partial charge in [-0.1, -0.05) is 6.08 Å². The van der Waals surface area contributed by atoms with Gasteiger partial charge in [0.25, 0.3) is 5.92 Å². The minimum absolute atomic E-state index is 0.536. The first kappa shape index (κ1) is 11.0. The molecule has 1 amide bonds. The Morgan fingerprint density at radius 2 is 2.25 bits per heavy atom. The van der Waals surface area contributed by atoms with Crippen LogP contribution in [0.1, 0.15) is 6.92 Å². The van der Waals surface area contributed by atoms with Crippen LogP contribution in [0.2, 0.25) is 0 Å². The van der Waals surface area contributed by atoms with Crippen molar-refractivity contribution in [1.82, 2.24) is 5.32 Å².